The van der Waals surface area contributed by atoms with Crippen molar-refractivity contribution in [2.75, 3.05) is 10.6 Å². The predicted molar refractivity (Wildman–Crippen MR) is 110 cm³/mol. The number of rotatable bonds is 9. The van der Waals surface area contributed by atoms with Gasteiger partial charge < -0.3 is 16.0 Å². The topological polar surface area (TPSA) is 82.1 Å². The molecule has 0 fully saturated rings. The van der Waals surface area contributed by atoms with Crippen LogP contribution in [0.15, 0.2) is 54.6 Å². The molecular formula is C22H27N3O2. The van der Waals surface area contributed by atoms with Gasteiger partial charge in [0.25, 0.3) is 0 Å². The monoisotopic (exact) mass is 365 g/mol. The third-order valence-corrected chi connectivity index (χ3v) is 4.26. The Labute approximate surface area is 160 Å². The smallest absolute Gasteiger partial charge is 0.242 e. The molecule has 0 spiro atoms. The lowest BCUT2D eigenvalue weighted by Gasteiger charge is -2.16. The Morgan fingerprint density at radius 3 is 2.19 bits per heavy atom. The maximum Gasteiger partial charge on any atom is 0.242 e. The number of hydrogen-bond donors (Lipinski definition) is 3. The fraction of sp³-hybridized carbons (Fsp3) is 0.318. The van der Waals surface area contributed by atoms with Crippen LogP contribution in [0.4, 0.5) is 11.4 Å². The average molecular weight is 365 g/mol. The van der Waals surface area contributed by atoms with Crippen LogP contribution in [0.1, 0.15) is 38.7 Å². The number of hydrogen-bond acceptors (Lipinski definition) is 3. The molecule has 3 N–H and O–H groups in total. The van der Waals surface area contributed by atoms with Crippen molar-refractivity contribution in [3.63, 3.8) is 0 Å². The Kier molecular flexibility index (Phi) is 7.74. The fourth-order valence-electron chi connectivity index (χ4n) is 2.85. The van der Waals surface area contributed by atoms with E-state index in [1.165, 1.54) is 13.3 Å². The zero-order valence-corrected chi connectivity index (χ0v) is 15.9. The van der Waals surface area contributed by atoms with Crippen LogP contribution in [0, 0.1) is 11.3 Å². The first-order valence-corrected chi connectivity index (χ1v) is 9.32. The van der Waals surface area contributed by atoms with Crippen molar-refractivity contribution in [1.29, 1.82) is 5.41 Å². The highest BCUT2D eigenvalue weighted by Gasteiger charge is 2.29. The van der Waals surface area contributed by atoms with E-state index in [0.717, 1.165) is 24.8 Å². The maximum absolute atomic E-state index is 12.6. The van der Waals surface area contributed by atoms with Crippen molar-refractivity contribution in [3.05, 3.63) is 60.2 Å². The van der Waals surface area contributed by atoms with Gasteiger partial charge in [0.2, 0.25) is 11.8 Å². The molecule has 0 saturated heterocycles. The number of carbonyl (C=O) groups is 2. The highest BCUT2D eigenvalue weighted by molar-refractivity contribution is 6.24. The van der Waals surface area contributed by atoms with Crippen molar-refractivity contribution in [3.8, 4) is 0 Å². The van der Waals surface area contributed by atoms with Gasteiger partial charge in [-0.05, 0) is 49.6 Å². The molecule has 5 heteroatoms. The van der Waals surface area contributed by atoms with Gasteiger partial charge in [-0.2, -0.15) is 0 Å². The molecule has 0 heterocycles. The molecule has 142 valence electrons. The quantitative estimate of drug-likeness (QED) is 0.343. The summed E-state index contributed by atoms with van der Waals surface area (Å²) < 4.78 is 0. The molecule has 0 aliphatic rings. The molecule has 2 aromatic rings. The highest BCUT2D eigenvalue weighted by atomic mass is 16.2. The van der Waals surface area contributed by atoms with Crippen LogP contribution in [-0.2, 0) is 16.0 Å². The van der Waals surface area contributed by atoms with Crippen LogP contribution >= 0.6 is 0 Å². The van der Waals surface area contributed by atoms with Gasteiger partial charge in [-0.25, -0.2) is 0 Å². The van der Waals surface area contributed by atoms with Gasteiger partial charge in [-0.1, -0.05) is 50.1 Å². The molecular weight excluding hydrogens is 338 g/mol. The first kappa shape index (κ1) is 20.4. The molecule has 0 aromatic heterocycles. The highest BCUT2D eigenvalue weighted by Crippen LogP contribution is 2.16. The summed E-state index contributed by atoms with van der Waals surface area (Å²) in [6.45, 7) is 3.63. The number of nitrogens with one attached hydrogen (secondary N) is 3. The average Bonchev–Trinajstić information content (AvgIpc) is 2.63. The van der Waals surface area contributed by atoms with Crippen LogP contribution in [-0.4, -0.2) is 17.5 Å². The van der Waals surface area contributed by atoms with Gasteiger partial charge in [0.15, 0.2) is 5.92 Å². The molecule has 5 nitrogen and oxygen atoms in total. The third kappa shape index (κ3) is 6.37. The van der Waals surface area contributed by atoms with Crippen molar-refractivity contribution >= 4 is 28.9 Å². The Balaban J connectivity index is 2.05. The molecule has 0 saturated carbocycles. The minimum atomic E-state index is -1.17. The number of amides is 2. The lowest BCUT2D eigenvalue weighted by Crippen LogP contribution is -2.38. The molecule has 0 bridgehead atoms. The minimum absolute atomic E-state index is 0.0000292. The number of para-hydroxylation sites is 1. The maximum atomic E-state index is 12.6. The van der Waals surface area contributed by atoms with E-state index in [0.29, 0.717) is 11.4 Å². The molecule has 27 heavy (non-hydrogen) atoms. The van der Waals surface area contributed by atoms with E-state index in [1.54, 1.807) is 30.3 Å². The number of anilines is 2. The van der Waals surface area contributed by atoms with Gasteiger partial charge >= 0.3 is 0 Å². The summed E-state index contributed by atoms with van der Waals surface area (Å²) in [5, 5.41) is 13.4. The van der Waals surface area contributed by atoms with E-state index in [1.807, 2.05) is 24.3 Å². The van der Waals surface area contributed by atoms with Crippen LogP contribution < -0.4 is 10.6 Å². The molecule has 0 aliphatic carbocycles. The molecule has 0 radical (unpaired) electrons. The van der Waals surface area contributed by atoms with Crippen molar-refractivity contribution < 1.29 is 9.59 Å². The molecule has 2 aromatic carbocycles. The fourth-order valence-corrected chi connectivity index (χ4v) is 2.85. The van der Waals surface area contributed by atoms with Gasteiger partial charge in [0.05, 0.1) is 0 Å². The molecule has 1 unspecified atom stereocenters. The summed E-state index contributed by atoms with van der Waals surface area (Å²) in [4.78, 5) is 25.2. The standard InChI is InChI=1S/C22H27N3O2/c1-3-4-6-10-17-11-9-14-19(15-17)25-22(27)20(16(2)23)21(26)24-18-12-7-5-8-13-18/h5,7-9,11-15,20,23H,3-4,6,10H2,1-2H3,(H,24,26)(H,25,27). The van der Waals surface area contributed by atoms with Gasteiger partial charge in [0.1, 0.15) is 0 Å². The SMILES string of the molecule is CCCCCc1cccc(NC(=O)C(C(C)=N)C(=O)Nc2ccccc2)c1. The van der Waals surface area contributed by atoms with Crippen molar-refractivity contribution in [1.82, 2.24) is 0 Å². The second kappa shape index (κ2) is 10.3. The molecule has 2 rings (SSSR count). The lowest BCUT2D eigenvalue weighted by molar-refractivity contribution is -0.126. The van der Waals surface area contributed by atoms with E-state index in [9.17, 15) is 9.59 Å². The molecule has 1 atom stereocenters. The van der Waals surface area contributed by atoms with E-state index in [2.05, 4.69) is 17.6 Å². The number of unbranched alkanes of at least 4 members (excludes halogenated alkanes) is 2. The van der Waals surface area contributed by atoms with Gasteiger partial charge in [0, 0.05) is 17.1 Å². The first-order valence-electron chi connectivity index (χ1n) is 9.32. The van der Waals surface area contributed by atoms with E-state index >= 15 is 0 Å². The van der Waals surface area contributed by atoms with Gasteiger partial charge in [-0.15, -0.1) is 0 Å². The Hall–Kier alpha value is -2.95. The van der Waals surface area contributed by atoms with E-state index in [4.69, 9.17) is 5.41 Å². The van der Waals surface area contributed by atoms with Crippen LogP contribution in [0.2, 0.25) is 0 Å². The Bertz CT molecular complexity index is 787. The normalized spacial score (nSPS) is 11.5. The second-order valence-corrected chi connectivity index (χ2v) is 6.62. The predicted octanol–water partition coefficient (Wildman–Crippen LogP) is 4.65. The zero-order chi connectivity index (χ0) is 19.6. The summed E-state index contributed by atoms with van der Waals surface area (Å²) in [6, 6.07) is 16.6. The zero-order valence-electron chi connectivity index (χ0n) is 15.9. The summed E-state index contributed by atoms with van der Waals surface area (Å²) in [6.07, 6.45) is 4.40. The van der Waals surface area contributed by atoms with E-state index in [-0.39, 0.29) is 5.71 Å². The molecule has 2 amide bonds. The number of carbonyl (C=O) groups excluding carboxylic acids is 2. The Morgan fingerprint density at radius 2 is 1.56 bits per heavy atom. The summed E-state index contributed by atoms with van der Waals surface area (Å²) in [5.41, 5.74) is 2.39. The van der Waals surface area contributed by atoms with Crippen LogP contribution in [0.3, 0.4) is 0 Å². The summed E-state index contributed by atoms with van der Waals surface area (Å²) in [5.74, 6) is -2.18. The minimum Gasteiger partial charge on any atom is -0.325 e. The number of benzene rings is 2. The van der Waals surface area contributed by atoms with E-state index < -0.39 is 17.7 Å². The third-order valence-electron chi connectivity index (χ3n) is 4.26. The van der Waals surface area contributed by atoms with Crippen LogP contribution in [0.5, 0.6) is 0 Å². The second-order valence-electron chi connectivity index (χ2n) is 6.62. The van der Waals surface area contributed by atoms with Gasteiger partial charge in [-0.3, -0.25) is 9.59 Å². The lowest BCUT2D eigenvalue weighted by atomic mass is 10.0. The number of aryl methyl sites for hydroxylation is 1. The Morgan fingerprint density at radius 1 is 0.926 bits per heavy atom. The summed E-state index contributed by atoms with van der Waals surface area (Å²) in [7, 11) is 0. The first-order chi connectivity index (χ1) is 13.0. The van der Waals surface area contributed by atoms with Crippen LogP contribution in [0.25, 0.3) is 0 Å². The van der Waals surface area contributed by atoms with Crippen molar-refractivity contribution in [2.45, 2.75) is 39.5 Å². The van der Waals surface area contributed by atoms with Crippen molar-refractivity contribution in [2.24, 2.45) is 5.92 Å². The summed E-state index contributed by atoms with van der Waals surface area (Å²) >= 11 is 0. The molecule has 0 aliphatic heterocycles. The largest absolute Gasteiger partial charge is 0.325 e.